The van der Waals surface area contributed by atoms with E-state index in [-0.39, 0.29) is 22.2 Å². The van der Waals surface area contributed by atoms with Crippen LogP contribution in [0.25, 0.3) is 0 Å². The van der Waals surface area contributed by atoms with Gasteiger partial charge in [0.1, 0.15) is 5.82 Å². The van der Waals surface area contributed by atoms with Crippen molar-refractivity contribution >= 4 is 15.7 Å². The van der Waals surface area contributed by atoms with Crippen molar-refractivity contribution in [3.8, 4) is 0 Å². The maximum atomic E-state index is 13.3. The molecule has 0 aliphatic rings. The monoisotopic (exact) mass is 388 g/mol. The number of aliphatic hydroxyl groups is 1. The first kappa shape index (κ1) is 20.2. The van der Waals surface area contributed by atoms with Gasteiger partial charge in [-0.3, -0.25) is 0 Å². The molecule has 3 N–H and O–H groups in total. The van der Waals surface area contributed by atoms with Gasteiger partial charge in [0.05, 0.1) is 10.5 Å². The molecule has 0 fully saturated rings. The molecule has 0 aliphatic heterocycles. The van der Waals surface area contributed by atoms with Crippen LogP contribution in [-0.2, 0) is 10.0 Å². The third kappa shape index (κ3) is 4.96. The van der Waals surface area contributed by atoms with Gasteiger partial charge >= 0.3 is 0 Å². The van der Waals surface area contributed by atoms with Gasteiger partial charge in [-0.25, -0.2) is 26.3 Å². The minimum atomic E-state index is -3.75. The highest BCUT2D eigenvalue weighted by atomic mass is 32.2. The Labute approximate surface area is 149 Å². The molecule has 0 heterocycles. The predicted molar refractivity (Wildman–Crippen MR) is 91.8 cm³/mol. The Hall–Kier alpha value is -2.10. The Morgan fingerprint density at radius 3 is 2.38 bits per heavy atom. The van der Waals surface area contributed by atoms with E-state index in [9.17, 15) is 26.7 Å². The highest BCUT2D eigenvalue weighted by Gasteiger charge is 2.18. The molecular formula is C17H19F3N2O3S. The fourth-order valence-electron chi connectivity index (χ4n) is 2.27. The highest BCUT2D eigenvalue weighted by Crippen LogP contribution is 2.27. The van der Waals surface area contributed by atoms with E-state index in [1.54, 1.807) is 13.8 Å². The second-order valence-electron chi connectivity index (χ2n) is 5.93. The Kier molecular flexibility index (Phi) is 6.27. The van der Waals surface area contributed by atoms with Crippen molar-refractivity contribution in [2.75, 3.05) is 5.32 Å². The summed E-state index contributed by atoms with van der Waals surface area (Å²) in [7, 11) is -3.75. The van der Waals surface area contributed by atoms with Crippen molar-refractivity contribution in [3.05, 3.63) is 59.4 Å². The zero-order chi connectivity index (χ0) is 19.5. The number of alkyl halides is 2. The molecule has 1 unspecified atom stereocenters. The number of sulfonamides is 1. The summed E-state index contributed by atoms with van der Waals surface area (Å²) in [6, 6.07) is 8.21. The smallest absolute Gasteiger partial charge is 0.266 e. The number of hydrogen-bond acceptors (Lipinski definition) is 4. The van der Waals surface area contributed by atoms with E-state index in [0.717, 1.165) is 12.1 Å². The molecule has 142 valence electrons. The van der Waals surface area contributed by atoms with Crippen molar-refractivity contribution < 1.29 is 26.7 Å². The van der Waals surface area contributed by atoms with Crippen LogP contribution in [0.2, 0.25) is 0 Å². The molecule has 0 amide bonds. The fraction of sp³-hybridized carbons (Fsp3) is 0.294. The molecule has 0 aliphatic carbocycles. The second-order valence-corrected chi connectivity index (χ2v) is 7.65. The van der Waals surface area contributed by atoms with Crippen LogP contribution < -0.4 is 10.0 Å². The molecule has 0 aromatic heterocycles. The van der Waals surface area contributed by atoms with Crippen LogP contribution in [0.1, 0.15) is 37.6 Å². The van der Waals surface area contributed by atoms with E-state index < -0.39 is 34.1 Å². The Bertz CT molecular complexity index is 873. The Morgan fingerprint density at radius 2 is 1.77 bits per heavy atom. The lowest BCUT2D eigenvalue weighted by atomic mass is 10.1. The van der Waals surface area contributed by atoms with E-state index in [1.165, 1.54) is 30.3 Å². The molecule has 9 heteroatoms. The number of benzene rings is 2. The molecule has 2 aromatic rings. The van der Waals surface area contributed by atoms with Crippen molar-refractivity contribution in [1.29, 1.82) is 0 Å². The highest BCUT2D eigenvalue weighted by molar-refractivity contribution is 7.89. The largest absolute Gasteiger partial charge is 0.369 e. The first-order chi connectivity index (χ1) is 12.1. The van der Waals surface area contributed by atoms with Gasteiger partial charge in [0.25, 0.3) is 6.43 Å². The maximum absolute atomic E-state index is 13.3. The average molecular weight is 388 g/mol. The summed E-state index contributed by atoms with van der Waals surface area (Å²) >= 11 is 0. The lowest BCUT2D eigenvalue weighted by Crippen LogP contribution is -2.30. The molecule has 1 atom stereocenters. The number of nitrogens with one attached hydrogen (secondary N) is 2. The minimum absolute atomic E-state index is 0.0445. The summed E-state index contributed by atoms with van der Waals surface area (Å²) < 4.78 is 65.6. The van der Waals surface area contributed by atoms with E-state index in [4.69, 9.17) is 0 Å². The molecule has 26 heavy (non-hydrogen) atoms. The molecular weight excluding hydrogens is 369 g/mol. The summed E-state index contributed by atoms with van der Waals surface area (Å²) in [6.45, 7) is 3.35. The number of rotatable bonds is 7. The zero-order valence-corrected chi connectivity index (χ0v) is 14.9. The van der Waals surface area contributed by atoms with Gasteiger partial charge < -0.3 is 10.4 Å². The normalized spacial score (nSPS) is 13.2. The molecule has 5 nitrogen and oxygen atoms in total. The topological polar surface area (TPSA) is 78.4 Å². The number of halogens is 3. The van der Waals surface area contributed by atoms with Gasteiger partial charge in [-0.2, -0.15) is 0 Å². The van der Waals surface area contributed by atoms with Crippen LogP contribution in [-0.4, -0.2) is 19.6 Å². The Balaban J connectivity index is 2.24. The van der Waals surface area contributed by atoms with Gasteiger partial charge in [-0.15, -0.1) is 0 Å². The number of aliphatic hydroxyl groups excluding tert-OH is 1. The molecule has 0 radical (unpaired) electrons. The van der Waals surface area contributed by atoms with Crippen LogP contribution in [0.15, 0.2) is 47.4 Å². The lowest BCUT2D eigenvalue weighted by Gasteiger charge is -2.17. The summed E-state index contributed by atoms with van der Waals surface area (Å²) in [5.74, 6) is -1.05. The standard InChI is InChI=1S/C17H19F3N2O3S/c1-10(2)22-26(24,25)13-5-3-4-11(8-13)17(23)21-12-6-7-15(18)14(9-12)16(19)20/h3-10,16-17,21-23H,1-2H3. The van der Waals surface area contributed by atoms with Crippen LogP contribution in [0, 0.1) is 5.82 Å². The SMILES string of the molecule is CC(C)NS(=O)(=O)c1cccc(C(O)Nc2ccc(F)c(C(F)F)c2)c1. The van der Waals surface area contributed by atoms with Crippen LogP contribution in [0.3, 0.4) is 0 Å². The molecule has 0 bridgehead atoms. The van der Waals surface area contributed by atoms with E-state index in [2.05, 4.69) is 10.0 Å². The fourth-order valence-corrected chi connectivity index (χ4v) is 3.58. The van der Waals surface area contributed by atoms with E-state index in [0.29, 0.717) is 0 Å². The lowest BCUT2D eigenvalue weighted by molar-refractivity contribution is 0.146. The molecule has 0 saturated carbocycles. The maximum Gasteiger partial charge on any atom is 0.266 e. The summed E-state index contributed by atoms with van der Waals surface area (Å²) in [4.78, 5) is -0.0445. The van der Waals surface area contributed by atoms with Gasteiger partial charge in [-0.1, -0.05) is 12.1 Å². The first-order valence-electron chi connectivity index (χ1n) is 7.74. The Morgan fingerprint density at radius 1 is 1.08 bits per heavy atom. The number of anilines is 1. The van der Waals surface area contributed by atoms with Crippen molar-refractivity contribution in [3.63, 3.8) is 0 Å². The van der Waals surface area contributed by atoms with Crippen molar-refractivity contribution in [2.45, 2.75) is 37.4 Å². The zero-order valence-electron chi connectivity index (χ0n) is 14.1. The van der Waals surface area contributed by atoms with Gasteiger partial charge in [0.2, 0.25) is 10.0 Å². The summed E-state index contributed by atoms with van der Waals surface area (Å²) in [6.07, 6.45) is -4.37. The quantitative estimate of drug-likeness (QED) is 0.634. The van der Waals surface area contributed by atoms with Crippen molar-refractivity contribution in [1.82, 2.24) is 4.72 Å². The first-order valence-corrected chi connectivity index (χ1v) is 9.23. The third-order valence-corrected chi connectivity index (χ3v) is 5.07. The van der Waals surface area contributed by atoms with E-state index >= 15 is 0 Å². The van der Waals surface area contributed by atoms with Gasteiger partial charge in [0, 0.05) is 17.3 Å². The molecule has 0 saturated heterocycles. The van der Waals surface area contributed by atoms with Crippen LogP contribution in [0.4, 0.5) is 18.9 Å². The van der Waals surface area contributed by atoms with Crippen molar-refractivity contribution in [2.24, 2.45) is 0 Å². The van der Waals surface area contributed by atoms with Crippen LogP contribution in [0.5, 0.6) is 0 Å². The third-order valence-electron chi connectivity index (χ3n) is 3.41. The van der Waals surface area contributed by atoms with Gasteiger partial charge in [0.15, 0.2) is 6.23 Å². The second kappa shape index (κ2) is 8.07. The minimum Gasteiger partial charge on any atom is -0.369 e. The van der Waals surface area contributed by atoms with E-state index in [1.807, 2.05) is 0 Å². The molecule has 2 aromatic carbocycles. The average Bonchev–Trinajstić information content (AvgIpc) is 2.55. The molecule has 2 rings (SSSR count). The predicted octanol–water partition coefficient (Wildman–Crippen LogP) is 3.55. The van der Waals surface area contributed by atoms with Crippen LogP contribution >= 0.6 is 0 Å². The number of hydrogen-bond donors (Lipinski definition) is 3. The molecule has 0 spiro atoms. The summed E-state index contributed by atoms with van der Waals surface area (Å²) in [5.41, 5.74) is -0.512. The van der Waals surface area contributed by atoms with Gasteiger partial charge in [-0.05, 0) is 44.2 Å². The summed E-state index contributed by atoms with van der Waals surface area (Å²) in [5, 5.41) is 12.8.